The molecular formula is C16H21N3. The van der Waals surface area contributed by atoms with Gasteiger partial charge in [-0.15, -0.1) is 0 Å². The number of pyridine rings is 1. The van der Waals surface area contributed by atoms with E-state index in [0.717, 1.165) is 29.0 Å². The number of hydrogen-bond acceptors (Lipinski definition) is 3. The Balaban J connectivity index is 1.99. The van der Waals surface area contributed by atoms with Gasteiger partial charge in [-0.2, -0.15) is 0 Å². The van der Waals surface area contributed by atoms with E-state index in [1.165, 1.54) is 12.8 Å². The first kappa shape index (κ1) is 12.3. The molecule has 0 spiro atoms. The van der Waals surface area contributed by atoms with Gasteiger partial charge in [0, 0.05) is 23.7 Å². The smallest absolute Gasteiger partial charge is 0.129 e. The van der Waals surface area contributed by atoms with Crippen LogP contribution in [0.25, 0.3) is 10.9 Å². The van der Waals surface area contributed by atoms with Crippen molar-refractivity contribution in [1.29, 1.82) is 0 Å². The lowest BCUT2D eigenvalue weighted by molar-refractivity contribution is 0.490. The summed E-state index contributed by atoms with van der Waals surface area (Å²) in [4.78, 5) is 7.26. The lowest BCUT2D eigenvalue weighted by atomic mass is 10.0. The minimum atomic E-state index is 0.624. The van der Waals surface area contributed by atoms with Crippen molar-refractivity contribution in [2.24, 2.45) is 5.92 Å². The maximum atomic E-state index is 5.81. The van der Waals surface area contributed by atoms with Gasteiger partial charge in [0.05, 0.1) is 5.52 Å². The highest BCUT2D eigenvalue weighted by Gasteiger charge is 2.27. The van der Waals surface area contributed by atoms with E-state index in [0.29, 0.717) is 12.0 Å². The van der Waals surface area contributed by atoms with Crippen molar-refractivity contribution in [3.8, 4) is 0 Å². The standard InChI is InChI=1S/C16H21N3/c1-11(2)15-4-3-9-19(15)16-8-5-12-10-13(17)6-7-14(12)18-16/h5-8,10-11,15H,3-4,9,17H2,1-2H3. The number of nitrogen functional groups attached to an aromatic ring is 1. The zero-order valence-corrected chi connectivity index (χ0v) is 11.6. The molecule has 100 valence electrons. The number of benzene rings is 1. The number of rotatable bonds is 2. The predicted molar refractivity (Wildman–Crippen MR) is 81.4 cm³/mol. The van der Waals surface area contributed by atoms with Crippen LogP contribution in [0.3, 0.4) is 0 Å². The molecule has 2 N–H and O–H groups in total. The van der Waals surface area contributed by atoms with Gasteiger partial charge in [0.1, 0.15) is 5.82 Å². The van der Waals surface area contributed by atoms with Crippen LogP contribution in [0.4, 0.5) is 11.5 Å². The van der Waals surface area contributed by atoms with Gasteiger partial charge in [-0.05, 0) is 49.1 Å². The van der Waals surface area contributed by atoms with Crippen molar-refractivity contribution in [1.82, 2.24) is 4.98 Å². The van der Waals surface area contributed by atoms with Gasteiger partial charge < -0.3 is 10.6 Å². The number of nitrogens with two attached hydrogens (primary N) is 1. The van der Waals surface area contributed by atoms with Crippen molar-refractivity contribution in [3.63, 3.8) is 0 Å². The molecule has 1 aromatic carbocycles. The fraction of sp³-hybridized carbons (Fsp3) is 0.438. The molecule has 2 aromatic rings. The molecule has 0 saturated carbocycles. The molecule has 3 rings (SSSR count). The number of nitrogens with zero attached hydrogens (tertiary/aromatic N) is 2. The summed E-state index contributed by atoms with van der Waals surface area (Å²) in [5, 5.41) is 1.11. The third-order valence-corrected chi connectivity index (χ3v) is 4.06. The van der Waals surface area contributed by atoms with Crippen LogP contribution < -0.4 is 10.6 Å². The first-order valence-electron chi connectivity index (χ1n) is 7.08. The van der Waals surface area contributed by atoms with Gasteiger partial charge in [0.15, 0.2) is 0 Å². The summed E-state index contributed by atoms with van der Waals surface area (Å²) < 4.78 is 0. The Hall–Kier alpha value is -1.77. The van der Waals surface area contributed by atoms with E-state index in [1.54, 1.807) is 0 Å². The Morgan fingerprint density at radius 1 is 1.26 bits per heavy atom. The van der Waals surface area contributed by atoms with E-state index < -0.39 is 0 Å². The van der Waals surface area contributed by atoms with Crippen molar-refractivity contribution < 1.29 is 0 Å². The maximum Gasteiger partial charge on any atom is 0.129 e. The third kappa shape index (κ3) is 2.25. The Labute approximate surface area is 114 Å². The molecule has 2 heterocycles. The second-order valence-corrected chi connectivity index (χ2v) is 5.77. The summed E-state index contributed by atoms with van der Waals surface area (Å²) >= 11 is 0. The summed E-state index contributed by atoms with van der Waals surface area (Å²) in [6.07, 6.45) is 2.55. The second-order valence-electron chi connectivity index (χ2n) is 5.77. The van der Waals surface area contributed by atoms with Crippen LogP contribution >= 0.6 is 0 Å². The minimum absolute atomic E-state index is 0.624. The maximum absolute atomic E-state index is 5.81. The third-order valence-electron chi connectivity index (χ3n) is 4.06. The Morgan fingerprint density at radius 3 is 2.89 bits per heavy atom. The Morgan fingerprint density at radius 2 is 2.11 bits per heavy atom. The molecule has 19 heavy (non-hydrogen) atoms. The lowest BCUT2D eigenvalue weighted by Crippen LogP contribution is -2.33. The van der Waals surface area contributed by atoms with Crippen LogP contribution in [-0.2, 0) is 0 Å². The van der Waals surface area contributed by atoms with Crippen LogP contribution in [0.15, 0.2) is 30.3 Å². The summed E-state index contributed by atoms with van der Waals surface area (Å²) in [5.41, 5.74) is 7.63. The van der Waals surface area contributed by atoms with Gasteiger partial charge in [0.25, 0.3) is 0 Å². The van der Waals surface area contributed by atoms with Crippen molar-refractivity contribution in [3.05, 3.63) is 30.3 Å². The van der Waals surface area contributed by atoms with Crippen LogP contribution in [0, 0.1) is 5.92 Å². The molecule has 3 nitrogen and oxygen atoms in total. The molecule has 1 fully saturated rings. The molecule has 1 unspecified atom stereocenters. The highest BCUT2D eigenvalue weighted by atomic mass is 15.2. The highest BCUT2D eigenvalue weighted by molar-refractivity contribution is 5.83. The van der Waals surface area contributed by atoms with Crippen molar-refractivity contribution in [2.45, 2.75) is 32.7 Å². The SMILES string of the molecule is CC(C)C1CCCN1c1ccc2cc(N)ccc2n1. The monoisotopic (exact) mass is 255 g/mol. The molecular weight excluding hydrogens is 234 g/mol. The number of fused-ring (bicyclic) bond motifs is 1. The van der Waals surface area contributed by atoms with Gasteiger partial charge >= 0.3 is 0 Å². The average Bonchev–Trinajstić information content (AvgIpc) is 2.87. The summed E-state index contributed by atoms with van der Waals surface area (Å²) in [5.74, 6) is 1.78. The van der Waals surface area contributed by atoms with Crippen molar-refractivity contribution in [2.75, 3.05) is 17.2 Å². The second kappa shape index (κ2) is 4.72. The molecule has 0 amide bonds. The quantitative estimate of drug-likeness (QED) is 0.836. The van der Waals surface area contributed by atoms with Crippen LogP contribution in [0.5, 0.6) is 0 Å². The molecule has 0 aliphatic carbocycles. The zero-order chi connectivity index (χ0) is 13.4. The van der Waals surface area contributed by atoms with Gasteiger partial charge in [-0.3, -0.25) is 0 Å². The van der Waals surface area contributed by atoms with Crippen LogP contribution in [0.2, 0.25) is 0 Å². The molecule has 1 aromatic heterocycles. The topological polar surface area (TPSA) is 42.1 Å². The molecule has 1 aliphatic rings. The van der Waals surface area contributed by atoms with E-state index >= 15 is 0 Å². The van der Waals surface area contributed by atoms with E-state index in [9.17, 15) is 0 Å². The molecule has 0 bridgehead atoms. The molecule has 1 saturated heterocycles. The average molecular weight is 255 g/mol. The lowest BCUT2D eigenvalue weighted by Gasteiger charge is -2.28. The number of hydrogen-bond donors (Lipinski definition) is 1. The fourth-order valence-electron chi connectivity index (χ4n) is 3.06. The molecule has 3 heteroatoms. The van der Waals surface area contributed by atoms with Crippen LogP contribution in [0.1, 0.15) is 26.7 Å². The largest absolute Gasteiger partial charge is 0.399 e. The fourth-order valence-corrected chi connectivity index (χ4v) is 3.06. The van der Waals surface area contributed by atoms with E-state index in [2.05, 4.69) is 30.9 Å². The number of anilines is 2. The minimum Gasteiger partial charge on any atom is -0.399 e. The van der Waals surface area contributed by atoms with Crippen molar-refractivity contribution >= 4 is 22.4 Å². The highest BCUT2D eigenvalue weighted by Crippen LogP contribution is 2.29. The Kier molecular flexibility index (Phi) is 3.05. The molecule has 1 aliphatic heterocycles. The first-order valence-corrected chi connectivity index (χ1v) is 7.08. The van der Waals surface area contributed by atoms with Gasteiger partial charge in [-0.25, -0.2) is 4.98 Å². The zero-order valence-electron chi connectivity index (χ0n) is 11.6. The summed E-state index contributed by atoms with van der Waals surface area (Å²) in [7, 11) is 0. The summed E-state index contributed by atoms with van der Waals surface area (Å²) in [6, 6.07) is 10.8. The predicted octanol–water partition coefficient (Wildman–Crippen LogP) is 3.44. The normalized spacial score (nSPS) is 19.5. The Bertz CT molecular complexity index is 592. The summed E-state index contributed by atoms with van der Waals surface area (Å²) in [6.45, 7) is 5.71. The van der Waals surface area contributed by atoms with Gasteiger partial charge in [0.2, 0.25) is 0 Å². The van der Waals surface area contributed by atoms with Gasteiger partial charge in [-0.1, -0.05) is 13.8 Å². The molecule has 0 radical (unpaired) electrons. The molecule has 1 atom stereocenters. The number of aromatic nitrogens is 1. The van der Waals surface area contributed by atoms with E-state index in [4.69, 9.17) is 10.7 Å². The first-order chi connectivity index (χ1) is 9.15. The van der Waals surface area contributed by atoms with E-state index in [-0.39, 0.29) is 0 Å². The van der Waals surface area contributed by atoms with E-state index in [1.807, 2.05) is 18.2 Å². The van der Waals surface area contributed by atoms with Crippen LogP contribution in [-0.4, -0.2) is 17.6 Å².